The highest BCUT2D eigenvalue weighted by atomic mass is 32.2. The van der Waals surface area contributed by atoms with E-state index in [2.05, 4.69) is 47.9 Å². The fourth-order valence-corrected chi connectivity index (χ4v) is 3.50. The minimum atomic E-state index is -2.83. The van der Waals surface area contributed by atoms with Crippen molar-refractivity contribution < 1.29 is 8.42 Å². The van der Waals surface area contributed by atoms with E-state index < -0.39 is 9.84 Å². The maximum atomic E-state index is 11.2. The van der Waals surface area contributed by atoms with Crippen molar-refractivity contribution >= 4 is 15.5 Å². The number of benzene rings is 1. The molecule has 1 aliphatic heterocycles. The van der Waals surface area contributed by atoms with Gasteiger partial charge in [-0.1, -0.05) is 26.0 Å². The van der Waals surface area contributed by atoms with Crippen LogP contribution >= 0.6 is 0 Å². The van der Waals surface area contributed by atoms with Crippen molar-refractivity contribution in [2.45, 2.75) is 26.2 Å². The quantitative estimate of drug-likeness (QED) is 0.805. The molecule has 0 N–H and O–H groups in total. The number of rotatable bonds is 6. The molecule has 0 radical (unpaired) electrons. The molecule has 1 aromatic carbocycles. The molecule has 0 unspecified atom stereocenters. The summed E-state index contributed by atoms with van der Waals surface area (Å²) in [4.78, 5) is 4.78. The molecule has 1 fully saturated rings. The van der Waals surface area contributed by atoms with E-state index in [-0.39, 0.29) is 0 Å². The summed E-state index contributed by atoms with van der Waals surface area (Å²) in [5, 5.41) is 0. The van der Waals surface area contributed by atoms with Crippen molar-refractivity contribution in [1.29, 1.82) is 0 Å². The van der Waals surface area contributed by atoms with Gasteiger partial charge in [-0.25, -0.2) is 8.42 Å². The van der Waals surface area contributed by atoms with E-state index in [0.29, 0.717) is 11.7 Å². The summed E-state index contributed by atoms with van der Waals surface area (Å²) in [5.74, 6) is 0.866. The lowest BCUT2D eigenvalue weighted by atomic mass is 10.0. The number of sulfone groups is 1. The Labute approximate surface area is 135 Å². The van der Waals surface area contributed by atoms with Crippen molar-refractivity contribution in [3.8, 4) is 0 Å². The molecule has 124 valence electrons. The number of nitrogens with zero attached hydrogens (tertiary/aromatic N) is 2. The van der Waals surface area contributed by atoms with Crippen LogP contribution in [0.5, 0.6) is 0 Å². The van der Waals surface area contributed by atoms with Crippen molar-refractivity contribution in [2.75, 3.05) is 49.6 Å². The molecule has 1 aromatic rings. The largest absolute Gasteiger partial charge is 0.369 e. The molecule has 2 rings (SSSR count). The Morgan fingerprint density at radius 3 is 2.14 bits per heavy atom. The molecule has 0 amide bonds. The summed E-state index contributed by atoms with van der Waals surface area (Å²) in [6.07, 6.45) is 2.05. The Bertz CT molecular complexity index is 559. The molecule has 0 aromatic heterocycles. The van der Waals surface area contributed by atoms with Gasteiger partial charge in [-0.3, -0.25) is 4.90 Å². The van der Waals surface area contributed by atoms with Gasteiger partial charge in [0.25, 0.3) is 0 Å². The third kappa shape index (κ3) is 5.29. The van der Waals surface area contributed by atoms with E-state index in [0.717, 1.165) is 39.1 Å². The third-order valence-electron chi connectivity index (χ3n) is 4.29. The number of piperazine rings is 1. The van der Waals surface area contributed by atoms with Gasteiger partial charge in [0.15, 0.2) is 0 Å². The van der Waals surface area contributed by atoms with E-state index in [9.17, 15) is 8.42 Å². The summed E-state index contributed by atoms with van der Waals surface area (Å²) in [5.41, 5.74) is 2.67. The lowest BCUT2D eigenvalue weighted by Gasteiger charge is -2.36. The zero-order valence-electron chi connectivity index (χ0n) is 14.0. The predicted molar refractivity (Wildman–Crippen MR) is 93.5 cm³/mol. The van der Waals surface area contributed by atoms with E-state index in [1.165, 1.54) is 17.5 Å². The smallest absolute Gasteiger partial charge is 0.147 e. The van der Waals surface area contributed by atoms with Crippen LogP contribution in [0.15, 0.2) is 24.3 Å². The van der Waals surface area contributed by atoms with Crippen molar-refractivity contribution in [1.82, 2.24) is 4.90 Å². The Morgan fingerprint density at radius 1 is 1.05 bits per heavy atom. The lowest BCUT2D eigenvalue weighted by Crippen LogP contribution is -2.46. The summed E-state index contributed by atoms with van der Waals surface area (Å²) in [6.45, 7) is 9.35. The van der Waals surface area contributed by atoms with Gasteiger partial charge in [-0.15, -0.1) is 0 Å². The van der Waals surface area contributed by atoms with Crippen LogP contribution in [0.1, 0.15) is 31.7 Å². The number of anilines is 1. The van der Waals surface area contributed by atoms with Crippen LogP contribution in [-0.2, 0) is 9.84 Å². The van der Waals surface area contributed by atoms with Crippen LogP contribution in [0.4, 0.5) is 5.69 Å². The van der Waals surface area contributed by atoms with E-state index in [4.69, 9.17) is 0 Å². The number of hydrogen-bond donors (Lipinski definition) is 0. The highest BCUT2D eigenvalue weighted by Crippen LogP contribution is 2.21. The minimum absolute atomic E-state index is 0.296. The van der Waals surface area contributed by atoms with E-state index in [1.807, 2.05) is 0 Å². The second kappa shape index (κ2) is 7.47. The topological polar surface area (TPSA) is 40.6 Å². The second-order valence-corrected chi connectivity index (χ2v) is 8.82. The van der Waals surface area contributed by atoms with Crippen LogP contribution in [0.3, 0.4) is 0 Å². The molecule has 22 heavy (non-hydrogen) atoms. The van der Waals surface area contributed by atoms with Gasteiger partial charge in [0.05, 0.1) is 5.75 Å². The van der Waals surface area contributed by atoms with Crippen LogP contribution in [0, 0.1) is 0 Å². The normalized spacial score (nSPS) is 17.2. The Balaban J connectivity index is 1.79. The molecule has 0 atom stereocenters. The fourth-order valence-electron chi connectivity index (χ4n) is 2.85. The fraction of sp³-hybridized carbons (Fsp3) is 0.647. The number of hydrogen-bond acceptors (Lipinski definition) is 4. The average Bonchev–Trinajstić information content (AvgIpc) is 2.47. The maximum absolute atomic E-state index is 11.2. The Hall–Kier alpha value is -1.07. The van der Waals surface area contributed by atoms with Crippen molar-refractivity contribution in [3.63, 3.8) is 0 Å². The van der Waals surface area contributed by atoms with E-state index in [1.54, 1.807) is 0 Å². The molecule has 1 saturated heterocycles. The summed E-state index contributed by atoms with van der Waals surface area (Å²) in [6, 6.07) is 8.88. The molecule has 0 aliphatic carbocycles. The molecule has 0 bridgehead atoms. The highest BCUT2D eigenvalue weighted by molar-refractivity contribution is 7.90. The van der Waals surface area contributed by atoms with Crippen molar-refractivity contribution in [2.24, 2.45) is 0 Å². The molecule has 5 heteroatoms. The van der Waals surface area contributed by atoms with Gasteiger partial charge in [-0.05, 0) is 36.6 Å². The average molecular weight is 324 g/mol. The van der Waals surface area contributed by atoms with Gasteiger partial charge in [0, 0.05) is 38.1 Å². The third-order valence-corrected chi connectivity index (χ3v) is 5.32. The molecule has 4 nitrogen and oxygen atoms in total. The second-order valence-electron chi connectivity index (χ2n) is 6.56. The van der Waals surface area contributed by atoms with Gasteiger partial charge in [0.1, 0.15) is 9.84 Å². The maximum Gasteiger partial charge on any atom is 0.147 e. The molecule has 0 spiro atoms. The van der Waals surface area contributed by atoms with Crippen LogP contribution in [0.2, 0.25) is 0 Å². The van der Waals surface area contributed by atoms with Crippen molar-refractivity contribution in [3.05, 3.63) is 29.8 Å². The van der Waals surface area contributed by atoms with Crippen LogP contribution < -0.4 is 4.90 Å². The standard InChI is InChI=1S/C17H28N2O2S/c1-15(2)16-5-7-17(8-6-16)19-12-10-18(11-13-19)9-4-14-22(3,20)21/h5-8,15H,4,9-14H2,1-3H3. The Morgan fingerprint density at radius 2 is 1.64 bits per heavy atom. The SMILES string of the molecule is CC(C)c1ccc(N2CCN(CCCS(C)(=O)=O)CC2)cc1. The minimum Gasteiger partial charge on any atom is -0.369 e. The molecule has 1 heterocycles. The first kappa shape index (κ1) is 17.3. The first-order chi connectivity index (χ1) is 10.3. The van der Waals surface area contributed by atoms with Gasteiger partial charge in [-0.2, -0.15) is 0 Å². The molecular weight excluding hydrogens is 296 g/mol. The zero-order valence-corrected chi connectivity index (χ0v) is 14.8. The first-order valence-corrected chi connectivity index (χ1v) is 10.2. The molecule has 1 aliphatic rings. The van der Waals surface area contributed by atoms with E-state index >= 15 is 0 Å². The summed E-state index contributed by atoms with van der Waals surface area (Å²) < 4.78 is 22.3. The summed E-state index contributed by atoms with van der Waals surface area (Å²) in [7, 11) is -2.83. The van der Waals surface area contributed by atoms with Crippen LogP contribution in [-0.4, -0.2) is 58.1 Å². The predicted octanol–water partition coefficient (Wildman–Crippen LogP) is 2.37. The zero-order chi connectivity index (χ0) is 16.2. The first-order valence-electron chi connectivity index (χ1n) is 8.10. The van der Waals surface area contributed by atoms with Crippen LogP contribution in [0.25, 0.3) is 0 Å². The highest BCUT2D eigenvalue weighted by Gasteiger charge is 2.17. The Kier molecular flexibility index (Phi) is 5.87. The lowest BCUT2D eigenvalue weighted by molar-refractivity contribution is 0.259. The van der Waals surface area contributed by atoms with Gasteiger partial charge >= 0.3 is 0 Å². The summed E-state index contributed by atoms with van der Waals surface area (Å²) >= 11 is 0. The molecule has 0 saturated carbocycles. The van der Waals surface area contributed by atoms with Gasteiger partial charge < -0.3 is 4.90 Å². The van der Waals surface area contributed by atoms with Gasteiger partial charge in [0.2, 0.25) is 0 Å². The molecular formula is C17H28N2O2S. The monoisotopic (exact) mass is 324 g/mol.